The van der Waals surface area contributed by atoms with Crippen LogP contribution in [0.25, 0.3) is 0 Å². The Hall–Kier alpha value is -3.67. The van der Waals surface area contributed by atoms with Crippen LogP contribution >= 0.6 is 0 Å². The zero-order valence-corrected chi connectivity index (χ0v) is 51.4. The molecular weight excluding hydrogens is 961 g/mol. The van der Waals surface area contributed by atoms with Crippen molar-refractivity contribution in [1.29, 1.82) is 0 Å². The Kier molecular flexibility index (Phi) is 62.7. The quantitative estimate of drug-likeness (QED) is 0.0261. The van der Waals surface area contributed by atoms with Crippen molar-refractivity contribution in [3.8, 4) is 0 Å². The molecule has 0 aromatic carbocycles. The van der Waals surface area contributed by atoms with Gasteiger partial charge in [-0.2, -0.15) is 0 Å². The van der Waals surface area contributed by atoms with Crippen molar-refractivity contribution in [2.75, 3.05) is 13.2 Å². The summed E-state index contributed by atoms with van der Waals surface area (Å²) in [6, 6.07) is 0. The molecule has 0 aliphatic rings. The van der Waals surface area contributed by atoms with E-state index in [1.807, 2.05) is 0 Å². The average molecular weight is 1090 g/mol. The number of hydrogen-bond acceptors (Lipinski definition) is 6. The highest BCUT2D eigenvalue weighted by Crippen LogP contribution is 2.16. The summed E-state index contributed by atoms with van der Waals surface area (Å²) in [7, 11) is 0. The first-order valence-electron chi connectivity index (χ1n) is 33.2. The van der Waals surface area contributed by atoms with E-state index >= 15 is 0 Å². The van der Waals surface area contributed by atoms with Gasteiger partial charge in [-0.3, -0.25) is 14.4 Å². The SMILES string of the molecule is CC/C=C\C/C=C\C/C=C\C/C=C\C/C=C\C/C=C\CCCCCCCCCCCCCCCCC(=O)OCC(COC(=O)CCCCCCC/C=C\CCCC)OC(=O)CCCCCCC/C=C\CCCCCCCCC. The van der Waals surface area contributed by atoms with Crippen LogP contribution in [0.2, 0.25) is 0 Å². The Morgan fingerprint density at radius 2 is 0.513 bits per heavy atom. The van der Waals surface area contributed by atoms with Crippen LogP contribution < -0.4 is 0 Å². The normalized spacial score (nSPS) is 12.7. The van der Waals surface area contributed by atoms with Crippen molar-refractivity contribution in [3.05, 3.63) is 97.2 Å². The lowest BCUT2D eigenvalue weighted by Crippen LogP contribution is -2.30. The van der Waals surface area contributed by atoms with Gasteiger partial charge in [-0.25, -0.2) is 0 Å². The lowest BCUT2D eigenvalue weighted by molar-refractivity contribution is -0.167. The molecule has 0 aromatic heterocycles. The van der Waals surface area contributed by atoms with Crippen LogP contribution in [-0.2, 0) is 28.6 Å². The third-order valence-corrected chi connectivity index (χ3v) is 14.3. The standard InChI is InChI=1S/C72H124O6/c1-4-7-10-13-16-19-22-24-26-28-29-30-31-32-33-34-35-36-37-38-39-40-41-42-43-44-46-47-50-53-56-59-62-65-71(74)77-68-69(67-76-70(73)64-61-58-55-52-49-21-18-15-12-9-6-3)78-72(75)66-63-60-57-54-51-48-45-27-25-23-20-17-14-11-8-5-2/h7,10,15-16,18-19,24,26-27,29-30,32-33,35-36,45,69H,4-6,8-9,11-14,17,20-23,25,28,31,34,37-44,46-68H2,1-3H3/b10-7-,18-15-,19-16-,26-24-,30-29-,33-32-,36-35-,45-27-. The summed E-state index contributed by atoms with van der Waals surface area (Å²) in [6.45, 7) is 6.50. The summed E-state index contributed by atoms with van der Waals surface area (Å²) in [6.07, 6.45) is 88.6. The van der Waals surface area contributed by atoms with Crippen LogP contribution in [0.1, 0.15) is 323 Å². The second-order valence-electron chi connectivity index (χ2n) is 22.0. The molecule has 0 radical (unpaired) electrons. The predicted molar refractivity (Wildman–Crippen MR) is 339 cm³/mol. The minimum atomic E-state index is -0.784. The van der Waals surface area contributed by atoms with E-state index in [9.17, 15) is 14.4 Å². The maximum atomic E-state index is 12.9. The molecule has 0 aliphatic carbocycles. The van der Waals surface area contributed by atoms with Gasteiger partial charge in [0.05, 0.1) is 0 Å². The molecule has 0 N–H and O–H groups in total. The van der Waals surface area contributed by atoms with Gasteiger partial charge >= 0.3 is 17.9 Å². The highest BCUT2D eigenvalue weighted by atomic mass is 16.6. The summed E-state index contributed by atoms with van der Waals surface area (Å²) < 4.78 is 16.9. The fourth-order valence-electron chi connectivity index (χ4n) is 9.31. The van der Waals surface area contributed by atoms with Crippen molar-refractivity contribution in [2.24, 2.45) is 0 Å². The summed E-state index contributed by atoms with van der Waals surface area (Å²) in [5.74, 6) is -0.889. The van der Waals surface area contributed by atoms with Gasteiger partial charge in [-0.15, -0.1) is 0 Å². The molecule has 0 heterocycles. The van der Waals surface area contributed by atoms with Gasteiger partial charge in [0.1, 0.15) is 13.2 Å². The number of rotatable bonds is 60. The van der Waals surface area contributed by atoms with E-state index in [-0.39, 0.29) is 31.1 Å². The molecule has 0 saturated carbocycles. The second kappa shape index (κ2) is 65.8. The summed E-state index contributed by atoms with van der Waals surface area (Å²) in [4.78, 5) is 38.2. The Bertz CT molecular complexity index is 1530. The first kappa shape index (κ1) is 74.3. The fourth-order valence-corrected chi connectivity index (χ4v) is 9.31. The number of unbranched alkanes of at least 4 members (excludes halogenated alkanes) is 33. The number of carbonyl (C=O) groups excluding carboxylic acids is 3. The average Bonchev–Trinajstić information content (AvgIpc) is 3.44. The van der Waals surface area contributed by atoms with Crippen molar-refractivity contribution in [3.63, 3.8) is 0 Å². The lowest BCUT2D eigenvalue weighted by atomic mass is 10.0. The van der Waals surface area contributed by atoms with Crippen molar-refractivity contribution < 1.29 is 28.6 Å². The van der Waals surface area contributed by atoms with Crippen LogP contribution in [0.15, 0.2) is 97.2 Å². The molecule has 1 unspecified atom stereocenters. The maximum Gasteiger partial charge on any atom is 0.306 e. The number of carbonyl (C=O) groups is 3. The number of esters is 3. The molecule has 0 aromatic rings. The van der Waals surface area contributed by atoms with Gasteiger partial charge in [0.2, 0.25) is 0 Å². The van der Waals surface area contributed by atoms with E-state index in [0.717, 1.165) is 116 Å². The number of allylic oxidation sites excluding steroid dienone is 16. The van der Waals surface area contributed by atoms with Crippen LogP contribution in [-0.4, -0.2) is 37.2 Å². The van der Waals surface area contributed by atoms with Crippen LogP contribution in [0.4, 0.5) is 0 Å². The zero-order chi connectivity index (χ0) is 56.4. The minimum absolute atomic E-state index is 0.0811. The molecule has 0 aliphatic heterocycles. The molecule has 0 amide bonds. The maximum absolute atomic E-state index is 12.9. The van der Waals surface area contributed by atoms with Crippen molar-refractivity contribution in [2.45, 2.75) is 329 Å². The highest BCUT2D eigenvalue weighted by Gasteiger charge is 2.19. The van der Waals surface area contributed by atoms with Gasteiger partial charge in [0.25, 0.3) is 0 Å². The number of hydrogen-bond donors (Lipinski definition) is 0. The molecule has 448 valence electrons. The Morgan fingerprint density at radius 1 is 0.269 bits per heavy atom. The predicted octanol–water partition coefficient (Wildman–Crippen LogP) is 22.8. The molecular formula is C72H124O6. The van der Waals surface area contributed by atoms with E-state index in [1.54, 1.807) is 0 Å². The molecule has 0 fully saturated rings. The summed E-state index contributed by atoms with van der Waals surface area (Å²) in [5.41, 5.74) is 0. The highest BCUT2D eigenvalue weighted by molar-refractivity contribution is 5.71. The monoisotopic (exact) mass is 1080 g/mol. The van der Waals surface area contributed by atoms with Crippen LogP contribution in [0, 0.1) is 0 Å². The van der Waals surface area contributed by atoms with Crippen LogP contribution in [0.3, 0.4) is 0 Å². The zero-order valence-electron chi connectivity index (χ0n) is 51.4. The first-order valence-corrected chi connectivity index (χ1v) is 33.2. The largest absolute Gasteiger partial charge is 0.462 e. The molecule has 6 heteroatoms. The smallest absolute Gasteiger partial charge is 0.306 e. The van der Waals surface area contributed by atoms with Gasteiger partial charge in [-0.1, -0.05) is 285 Å². The number of ether oxygens (including phenoxy) is 3. The van der Waals surface area contributed by atoms with Gasteiger partial charge in [0, 0.05) is 19.3 Å². The second-order valence-corrected chi connectivity index (χ2v) is 22.0. The third-order valence-electron chi connectivity index (χ3n) is 14.3. The van der Waals surface area contributed by atoms with Crippen LogP contribution in [0.5, 0.6) is 0 Å². The van der Waals surface area contributed by atoms with Crippen molar-refractivity contribution in [1.82, 2.24) is 0 Å². The molecule has 78 heavy (non-hydrogen) atoms. The molecule has 0 saturated heterocycles. The summed E-state index contributed by atoms with van der Waals surface area (Å²) in [5, 5.41) is 0. The Labute approximate surface area is 483 Å². The van der Waals surface area contributed by atoms with E-state index in [1.165, 1.54) is 167 Å². The van der Waals surface area contributed by atoms with E-state index in [0.29, 0.717) is 19.3 Å². The first-order chi connectivity index (χ1) is 38.5. The molecule has 6 nitrogen and oxygen atoms in total. The molecule has 0 rings (SSSR count). The van der Waals surface area contributed by atoms with E-state index < -0.39 is 6.10 Å². The lowest BCUT2D eigenvalue weighted by Gasteiger charge is -2.18. The van der Waals surface area contributed by atoms with Gasteiger partial charge < -0.3 is 14.2 Å². The Balaban J connectivity index is 4.16. The van der Waals surface area contributed by atoms with Gasteiger partial charge in [-0.05, 0) is 116 Å². The van der Waals surface area contributed by atoms with E-state index in [4.69, 9.17) is 14.2 Å². The topological polar surface area (TPSA) is 78.9 Å². The van der Waals surface area contributed by atoms with Crippen molar-refractivity contribution >= 4 is 17.9 Å². The Morgan fingerprint density at radius 3 is 0.833 bits per heavy atom. The summed E-state index contributed by atoms with van der Waals surface area (Å²) >= 11 is 0. The molecule has 1 atom stereocenters. The minimum Gasteiger partial charge on any atom is -0.462 e. The van der Waals surface area contributed by atoms with E-state index in [2.05, 4.69) is 118 Å². The fraction of sp³-hybridized carbons (Fsp3) is 0.736. The molecule has 0 spiro atoms. The third kappa shape index (κ3) is 63.2. The molecule has 0 bridgehead atoms. The van der Waals surface area contributed by atoms with Gasteiger partial charge in [0.15, 0.2) is 6.10 Å².